The van der Waals surface area contributed by atoms with Gasteiger partial charge in [0, 0.05) is 37.1 Å². The molecule has 0 aromatic carbocycles. The molecule has 8 heteroatoms. The van der Waals surface area contributed by atoms with Crippen LogP contribution in [0.3, 0.4) is 0 Å². The van der Waals surface area contributed by atoms with Gasteiger partial charge in [0.1, 0.15) is 0 Å². The number of hydrogen-bond acceptors (Lipinski definition) is 2. The quantitative estimate of drug-likeness (QED) is 0.338. The molecule has 4 nitrogen and oxygen atoms in total. The number of guanidine groups is 1. The molecule has 0 radical (unpaired) electrons. The molecule has 1 aliphatic heterocycles. The summed E-state index contributed by atoms with van der Waals surface area (Å²) >= 11 is 0. The minimum atomic E-state index is -4.05. The van der Waals surface area contributed by atoms with Gasteiger partial charge in [0.15, 0.2) is 5.96 Å². The van der Waals surface area contributed by atoms with Crippen molar-refractivity contribution in [1.82, 2.24) is 10.6 Å². The van der Waals surface area contributed by atoms with Crippen LogP contribution >= 0.6 is 24.0 Å². The number of alkyl halides is 3. The standard InChI is InChI=1S/C19H30F3N3O.HI/c1-23-17(24-13-6-4-12(5-7-13)19(20,21)22)25-15-14-8-11-26-16(14)18(15)9-2-3-10-18;/h12-16H,2-11H2,1H3,(H2,23,24,25);1H. The van der Waals surface area contributed by atoms with E-state index in [0.717, 1.165) is 19.0 Å². The van der Waals surface area contributed by atoms with Gasteiger partial charge in [-0.2, -0.15) is 13.2 Å². The summed E-state index contributed by atoms with van der Waals surface area (Å²) in [5.41, 5.74) is 0.243. The van der Waals surface area contributed by atoms with Gasteiger partial charge in [-0.15, -0.1) is 24.0 Å². The van der Waals surface area contributed by atoms with E-state index >= 15 is 0 Å². The minimum Gasteiger partial charge on any atom is -0.377 e. The Kier molecular flexibility index (Phi) is 6.55. The maximum absolute atomic E-state index is 12.8. The molecule has 4 rings (SSSR count). The number of aliphatic imine (C=N–C) groups is 1. The van der Waals surface area contributed by atoms with E-state index in [1.54, 1.807) is 7.05 Å². The molecule has 3 unspecified atom stereocenters. The van der Waals surface area contributed by atoms with Crippen molar-refractivity contribution in [3.05, 3.63) is 0 Å². The van der Waals surface area contributed by atoms with Gasteiger partial charge in [-0.25, -0.2) is 0 Å². The van der Waals surface area contributed by atoms with Crippen LogP contribution in [0.25, 0.3) is 0 Å². The van der Waals surface area contributed by atoms with Crippen molar-refractivity contribution in [1.29, 1.82) is 0 Å². The van der Waals surface area contributed by atoms with E-state index in [0.29, 0.717) is 30.9 Å². The topological polar surface area (TPSA) is 45.7 Å². The van der Waals surface area contributed by atoms with E-state index in [9.17, 15) is 13.2 Å². The van der Waals surface area contributed by atoms with Crippen molar-refractivity contribution < 1.29 is 17.9 Å². The maximum Gasteiger partial charge on any atom is 0.391 e. The molecule has 4 fully saturated rings. The average molecular weight is 501 g/mol. The second kappa shape index (κ2) is 8.24. The van der Waals surface area contributed by atoms with Crippen LogP contribution in [0.15, 0.2) is 4.99 Å². The molecule has 156 valence electrons. The Labute approximate surface area is 176 Å². The molecular formula is C19H31F3IN3O. The Hall–Kier alpha value is -0.250. The number of fused-ring (bicyclic) bond motifs is 2. The molecule has 1 spiro atoms. The molecular weight excluding hydrogens is 470 g/mol. The first-order valence-electron chi connectivity index (χ1n) is 10.1. The largest absolute Gasteiger partial charge is 0.391 e. The molecule has 1 saturated heterocycles. The molecule has 0 aromatic rings. The number of nitrogens with one attached hydrogen (secondary N) is 2. The fourth-order valence-electron chi connectivity index (χ4n) is 5.98. The van der Waals surface area contributed by atoms with Crippen molar-refractivity contribution in [3.63, 3.8) is 0 Å². The van der Waals surface area contributed by atoms with Crippen LogP contribution in [0.5, 0.6) is 0 Å². The lowest BCUT2D eigenvalue weighted by Crippen LogP contribution is -2.69. The van der Waals surface area contributed by atoms with Gasteiger partial charge in [0.25, 0.3) is 0 Å². The van der Waals surface area contributed by atoms with Gasteiger partial charge in [-0.05, 0) is 44.9 Å². The van der Waals surface area contributed by atoms with Crippen LogP contribution in [-0.2, 0) is 4.74 Å². The van der Waals surface area contributed by atoms with Crippen LogP contribution in [0, 0.1) is 17.3 Å². The predicted molar refractivity (Wildman–Crippen MR) is 109 cm³/mol. The highest BCUT2D eigenvalue weighted by Gasteiger charge is 2.65. The Bertz CT molecular complexity index is 543. The van der Waals surface area contributed by atoms with E-state index < -0.39 is 12.1 Å². The van der Waals surface area contributed by atoms with E-state index in [2.05, 4.69) is 15.6 Å². The summed E-state index contributed by atoms with van der Waals surface area (Å²) in [4.78, 5) is 4.37. The minimum absolute atomic E-state index is 0. The monoisotopic (exact) mass is 501 g/mol. The van der Waals surface area contributed by atoms with Crippen LogP contribution < -0.4 is 10.6 Å². The summed E-state index contributed by atoms with van der Waals surface area (Å²) < 4.78 is 44.6. The molecule has 2 N–H and O–H groups in total. The summed E-state index contributed by atoms with van der Waals surface area (Å²) in [6.45, 7) is 0.850. The fourth-order valence-corrected chi connectivity index (χ4v) is 5.98. The predicted octanol–water partition coefficient (Wildman–Crippen LogP) is 4.24. The molecule has 0 amide bonds. The Morgan fingerprint density at radius 3 is 2.30 bits per heavy atom. The van der Waals surface area contributed by atoms with Crippen LogP contribution in [0.1, 0.15) is 57.8 Å². The molecule has 0 aromatic heterocycles. The second-order valence-corrected chi connectivity index (χ2v) is 8.61. The number of hydrogen-bond donors (Lipinski definition) is 2. The number of halogens is 4. The van der Waals surface area contributed by atoms with E-state index in [-0.39, 0.29) is 48.3 Å². The van der Waals surface area contributed by atoms with Crippen LogP contribution in [-0.4, -0.2) is 44.0 Å². The molecule has 0 bridgehead atoms. The van der Waals surface area contributed by atoms with Crippen molar-refractivity contribution in [3.8, 4) is 0 Å². The van der Waals surface area contributed by atoms with Crippen LogP contribution in [0.4, 0.5) is 13.2 Å². The van der Waals surface area contributed by atoms with Gasteiger partial charge >= 0.3 is 6.18 Å². The summed E-state index contributed by atoms with van der Waals surface area (Å²) in [7, 11) is 1.75. The van der Waals surface area contributed by atoms with Gasteiger partial charge in [-0.3, -0.25) is 4.99 Å². The van der Waals surface area contributed by atoms with E-state index in [1.165, 1.54) is 25.7 Å². The Morgan fingerprint density at radius 1 is 1.04 bits per heavy atom. The lowest BCUT2D eigenvalue weighted by atomic mass is 9.54. The van der Waals surface area contributed by atoms with Crippen molar-refractivity contribution in [2.24, 2.45) is 22.2 Å². The highest BCUT2D eigenvalue weighted by Crippen LogP contribution is 2.60. The highest BCUT2D eigenvalue weighted by molar-refractivity contribution is 14.0. The molecule has 27 heavy (non-hydrogen) atoms. The normalized spacial score (nSPS) is 38.1. The highest BCUT2D eigenvalue weighted by atomic mass is 127. The number of ether oxygens (including phenoxy) is 1. The summed E-state index contributed by atoms with van der Waals surface area (Å²) in [6, 6.07) is 0.463. The lowest BCUT2D eigenvalue weighted by Gasteiger charge is -2.57. The third-order valence-corrected chi connectivity index (χ3v) is 7.33. The first-order chi connectivity index (χ1) is 12.4. The Balaban J connectivity index is 0.00000210. The second-order valence-electron chi connectivity index (χ2n) is 8.61. The summed E-state index contributed by atoms with van der Waals surface area (Å²) in [6.07, 6.45) is 3.90. The third-order valence-electron chi connectivity index (χ3n) is 7.33. The van der Waals surface area contributed by atoms with Gasteiger partial charge in [-0.1, -0.05) is 12.8 Å². The average Bonchev–Trinajstić information content (AvgIpc) is 3.26. The van der Waals surface area contributed by atoms with Crippen molar-refractivity contribution >= 4 is 29.9 Å². The third kappa shape index (κ3) is 3.94. The summed E-state index contributed by atoms with van der Waals surface area (Å²) in [5, 5.41) is 7.03. The zero-order valence-electron chi connectivity index (χ0n) is 15.9. The molecule has 1 heterocycles. The molecule has 3 saturated carbocycles. The maximum atomic E-state index is 12.8. The molecule has 3 atom stereocenters. The van der Waals surface area contributed by atoms with Gasteiger partial charge < -0.3 is 15.4 Å². The smallest absolute Gasteiger partial charge is 0.377 e. The van der Waals surface area contributed by atoms with Gasteiger partial charge in [0.05, 0.1) is 12.0 Å². The fraction of sp³-hybridized carbons (Fsp3) is 0.947. The first-order valence-corrected chi connectivity index (χ1v) is 10.1. The molecule has 4 aliphatic rings. The molecule has 3 aliphatic carbocycles. The number of nitrogens with zero attached hydrogens (tertiary/aromatic N) is 1. The van der Waals surface area contributed by atoms with Gasteiger partial charge in [0.2, 0.25) is 0 Å². The van der Waals surface area contributed by atoms with E-state index in [1.807, 2.05) is 0 Å². The lowest BCUT2D eigenvalue weighted by molar-refractivity contribution is -0.182. The Morgan fingerprint density at radius 2 is 1.70 bits per heavy atom. The SMILES string of the molecule is CN=C(NC1CCC(C(F)(F)F)CC1)NC1C2CCOC2C12CCCC2.I. The number of rotatable bonds is 2. The van der Waals surface area contributed by atoms with Crippen molar-refractivity contribution in [2.45, 2.75) is 82.2 Å². The van der Waals surface area contributed by atoms with Crippen molar-refractivity contribution in [2.75, 3.05) is 13.7 Å². The van der Waals surface area contributed by atoms with Crippen LogP contribution in [0.2, 0.25) is 0 Å². The zero-order valence-corrected chi connectivity index (χ0v) is 18.2. The zero-order chi connectivity index (χ0) is 18.4. The van der Waals surface area contributed by atoms with E-state index in [4.69, 9.17) is 4.74 Å². The first kappa shape index (κ1) is 21.5. The summed E-state index contributed by atoms with van der Waals surface area (Å²) in [5.74, 6) is 0.162.